The summed E-state index contributed by atoms with van der Waals surface area (Å²) >= 11 is 7.66. The Morgan fingerprint density at radius 1 is 1.28 bits per heavy atom. The SMILES string of the molecule is Nc1c(C(=O)NCCc2ccc(N3CCCCC3)c(Cl)c2)sc2ncc(F)cc12. The van der Waals surface area contributed by atoms with Crippen LogP contribution in [-0.4, -0.2) is 30.5 Å². The van der Waals surface area contributed by atoms with Crippen molar-refractivity contribution in [2.75, 3.05) is 30.3 Å². The third kappa shape index (κ3) is 4.31. The van der Waals surface area contributed by atoms with Gasteiger partial charge in [0.1, 0.15) is 15.5 Å². The zero-order valence-electron chi connectivity index (χ0n) is 15.9. The molecule has 1 saturated heterocycles. The molecule has 3 aromatic rings. The summed E-state index contributed by atoms with van der Waals surface area (Å²) in [5.74, 6) is -0.749. The van der Waals surface area contributed by atoms with Crippen LogP contribution in [0, 0.1) is 5.82 Å². The molecule has 0 spiro atoms. The van der Waals surface area contributed by atoms with Crippen LogP contribution in [0.15, 0.2) is 30.5 Å². The highest BCUT2D eigenvalue weighted by Crippen LogP contribution is 2.32. The van der Waals surface area contributed by atoms with E-state index in [2.05, 4.69) is 27.3 Å². The van der Waals surface area contributed by atoms with Gasteiger partial charge in [0, 0.05) is 25.0 Å². The number of nitrogen functional groups attached to an aromatic ring is 1. The van der Waals surface area contributed by atoms with Crippen LogP contribution < -0.4 is 16.0 Å². The second kappa shape index (κ2) is 8.55. The lowest BCUT2D eigenvalue weighted by atomic mass is 10.1. The Balaban J connectivity index is 1.38. The van der Waals surface area contributed by atoms with E-state index in [0.29, 0.717) is 28.1 Å². The molecule has 5 nitrogen and oxygen atoms in total. The van der Waals surface area contributed by atoms with Gasteiger partial charge in [-0.1, -0.05) is 17.7 Å². The average Bonchev–Trinajstić information content (AvgIpc) is 3.05. The second-order valence-corrected chi connectivity index (χ2v) is 8.60. The summed E-state index contributed by atoms with van der Waals surface area (Å²) in [6.07, 6.45) is 5.46. The summed E-state index contributed by atoms with van der Waals surface area (Å²) in [4.78, 5) is 19.7. The third-order valence-corrected chi connectivity index (χ3v) is 6.60. The van der Waals surface area contributed by atoms with E-state index < -0.39 is 5.82 Å². The number of aromatic nitrogens is 1. The van der Waals surface area contributed by atoms with Crippen molar-refractivity contribution in [3.63, 3.8) is 0 Å². The van der Waals surface area contributed by atoms with Gasteiger partial charge in [0.05, 0.1) is 22.6 Å². The molecule has 1 fully saturated rings. The molecule has 1 aliphatic rings. The molecule has 0 radical (unpaired) electrons. The highest BCUT2D eigenvalue weighted by molar-refractivity contribution is 7.21. The number of pyridine rings is 1. The molecule has 0 unspecified atom stereocenters. The molecular weight excluding hydrogens is 411 g/mol. The van der Waals surface area contributed by atoms with Crippen LogP contribution in [0.1, 0.15) is 34.5 Å². The first-order chi connectivity index (χ1) is 14.0. The van der Waals surface area contributed by atoms with Crippen molar-refractivity contribution < 1.29 is 9.18 Å². The number of carbonyl (C=O) groups is 1. The highest BCUT2D eigenvalue weighted by atomic mass is 35.5. The molecule has 4 rings (SSSR count). The van der Waals surface area contributed by atoms with Gasteiger partial charge < -0.3 is 16.0 Å². The number of benzene rings is 1. The van der Waals surface area contributed by atoms with Crippen LogP contribution in [0.3, 0.4) is 0 Å². The van der Waals surface area contributed by atoms with Crippen molar-refractivity contribution in [2.45, 2.75) is 25.7 Å². The van der Waals surface area contributed by atoms with Crippen molar-refractivity contribution in [1.29, 1.82) is 0 Å². The highest BCUT2D eigenvalue weighted by Gasteiger charge is 2.18. The molecular formula is C21H22ClFN4OS. The predicted molar refractivity (Wildman–Crippen MR) is 118 cm³/mol. The molecule has 29 heavy (non-hydrogen) atoms. The van der Waals surface area contributed by atoms with Gasteiger partial charge in [-0.15, -0.1) is 11.3 Å². The smallest absolute Gasteiger partial charge is 0.263 e. The van der Waals surface area contributed by atoms with Gasteiger partial charge in [0.15, 0.2) is 0 Å². The third-order valence-electron chi connectivity index (χ3n) is 5.17. The van der Waals surface area contributed by atoms with Gasteiger partial charge in [0.2, 0.25) is 0 Å². The van der Waals surface area contributed by atoms with Crippen LogP contribution in [0.5, 0.6) is 0 Å². The lowest BCUT2D eigenvalue weighted by Gasteiger charge is -2.29. The molecule has 1 aromatic carbocycles. The molecule has 0 atom stereocenters. The Labute approximate surface area is 177 Å². The molecule has 1 aliphatic heterocycles. The number of rotatable bonds is 5. The average molecular weight is 433 g/mol. The lowest BCUT2D eigenvalue weighted by molar-refractivity contribution is 0.0959. The number of amides is 1. The van der Waals surface area contributed by atoms with Crippen molar-refractivity contribution >= 4 is 50.4 Å². The molecule has 0 saturated carbocycles. The van der Waals surface area contributed by atoms with E-state index in [1.165, 1.54) is 36.7 Å². The number of piperidine rings is 1. The van der Waals surface area contributed by atoms with E-state index >= 15 is 0 Å². The zero-order chi connectivity index (χ0) is 20.4. The van der Waals surface area contributed by atoms with Gasteiger partial charge in [0.25, 0.3) is 5.91 Å². The Kier molecular flexibility index (Phi) is 5.87. The second-order valence-electron chi connectivity index (χ2n) is 7.19. The van der Waals surface area contributed by atoms with Crippen LogP contribution in [0.2, 0.25) is 5.02 Å². The minimum absolute atomic E-state index is 0.267. The number of carbonyl (C=O) groups excluding carboxylic acids is 1. The van der Waals surface area contributed by atoms with Crippen LogP contribution in [-0.2, 0) is 6.42 Å². The first kappa shape index (κ1) is 19.9. The molecule has 3 heterocycles. The number of hydrogen-bond donors (Lipinski definition) is 2. The van der Waals surface area contributed by atoms with Gasteiger partial charge in [-0.25, -0.2) is 9.37 Å². The van der Waals surface area contributed by atoms with E-state index in [4.69, 9.17) is 17.3 Å². The largest absolute Gasteiger partial charge is 0.397 e. The number of halogens is 2. The number of hydrogen-bond acceptors (Lipinski definition) is 5. The molecule has 8 heteroatoms. The van der Waals surface area contributed by atoms with Gasteiger partial charge in [-0.3, -0.25) is 4.79 Å². The zero-order valence-corrected chi connectivity index (χ0v) is 17.5. The van der Waals surface area contributed by atoms with E-state index in [1.807, 2.05) is 6.07 Å². The first-order valence-electron chi connectivity index (χ1n) is 9.68. The van der Waals surface area contributed by atoms with E-state index in [0.717, 1.165) is 35.6 Å². The monoisotopic (exact) mass is 432 g/mol. The van der Waals surface area contributed by atoms with E-state index in [9.17, 15) is 9.18 Å². The first-order valence-corrected chi connectivity index (χ1v) is 10.9. The Morgan fingerprint density at radius 3 is 2.83 bits per heavy atom. The summed E-state index contributed by atoms with van der Waals surface area (Å²) in [5.41, 5.74) is 8.43. The maximum atomic E-state index is 13.4. The summed E-state index contributed by atoms with van der Waals surface area (Å²) in [6.45, 7) is 2.54. The van der Waals surface area contributed by atoms with E-state index in [-0.39, 0.29) is 11.6 Å². The summed E-state index contributed by atoms with van der Waals surface area (Å²) in [5, 5.41) is 4.10. The standard InChI is InChI=1S/C21H22ClFN4OS/c22-16-10-13(4-5-17(16)27-8-2-1-3-9-27)6-7-25-20(28)19-18(24)15-11-14(23)12-26-21(15)29-19/h4-5,10-12H,1-3,6-9,24H2,(H,25,28). The summed E-state index contributed by atoms with van der Waals surface area (Å²) < 4.78 is 13.4. The molecule has 152 valence electrons. The maximum Gasteiger partial charge on any atom is 0.263 e. The van der Waals surface area contributed by atoms with Crippen molar-refractivity contribution in [3.05, 3.63) is 51.7 Å². The van der Waals surface area contributed by atoms with Gasteiger partial charge >= 0.3 is 0 Å². The van der Waals surface area contributed by atoms with E-state index in [1.54, 1.807) is 0 Å². The number of nitrogens with two attached hydrogens (primary N) is 1. The predicted octanol–water partition coefficient (Wildman–Crippen LogP) is 4.63. The quantitative estimate of drug-likeness (QED) is 0.616. The number of anilines is 2. The molecule has 2 aromatic heterocycles. The van der Waals surface area contributed by atoms with Crippen LogP contribution >= 0.6 is 22.9 Å². The fraction of sp³-hybridized carbons (Fsp3) is 0.333. The fourth-order valence-corrected chi connectivity index (χ4v) is 4.93. The molecule has 3 N–H and O–H groups in total. The Bertz CT molecular complexity index is 1050. The summed E-state index contributed by atoms with van der Waals surface area (Å²) in [6, 6.07) is 7.40. The normalized spacial score (nSPS) is 14.3. The minimum Gasteiger partial charge on any atom is -0.397 e. The Morgan fingerprint density at radius 2 is 2.07 bits per heavy atom. The number of fused-ring (bicyclic) bond motifs is 1. The number of nitrogens with one attached hydrogen (secondary N) is 1. The fourth-order valence-electron chi connectivity index (χ4n) is 3.64. The van der Waals surface area contributed by atoms with Crippen molar-refractivity contribution in [1.82, 2.24) is 10.3 Å². The molecule has 0 aliphatic carbocycles. The van der Waals surface area contributed by atoms with Crippen molar-refractivity contribution in [2.24, 2.45) is 0 Å². The van der Waals surface area contributed by atoms with Gasteiger partial charge in [-0.2, -0.15) is 0 Å². The van der Waals surface area contributed by atoms with Gasteiger partial charge in [-0.05, 0) is 49.4 Å². The van der Waals surface area contributed by atoms with Crippen LogP contribution in [0.25, 0.3) is 10.2 Å². The lowest BCUT2D eigenvalue weighted by Crippen LogP contribution is -2.29. The maximum absolute atomic E-state index is 13.4. The van der Waals surface area contributed by atoms with Crippen molar-refractivity contribution in [3.8, 4) is 0 Å². The Hall–Kier alpha value is -2.38. The minimum atomic E-state index is -0.473. The number of nitrogens with zero attached hydrogens (tertiary/aromatic N) is 2. The molecule has 0 bridgehead atoms. The summed E-state index contributed by atoms with van der Waals surface area (Å²) in [7, 11) is 0. The number of thiophene rings is 1. The molecule has 1 amide bonds. The topological polar surface area (TPSA) is 71.2 Å². The van der Waals surface area contributed by atoms with Crippen LogP contribution in [0.4, 0.5) is 15.8 Å².